The molecular weight excluding hydrogens is 238 g/mol. The predicted octanol–water partition coefficient (Wildman–Crippen LogP) is 3.97. The van der Waals surface area contributed by atoms with Gasteiger partial charge in [0.25, 0.3) is 0 Å². The van der Waals surface area contributed by atoms with Crippen LogP contribution in [-0.4, -0.2) is 24.1 Å². The lowest BCUT2D eigenvalue weighted by molar-refractivity contribution is 0.571. The second kappa shape index (κ2) is 8.60. The van der Waals surface area contributed by atoms with Crippen molar-refractivity contribution in [3.05, 3.63) is 34.9 Å². The zero-order chi connectivity index (χ0) is 13.4. The van der Waals surface area contributed by atoms with Crippen LogP contribution in [0.2, 0.25) is 0 Å². The molecule has 1 aromatic rings. The molecule has 1 unspecified atom stereocenters. The molecule has 0 aliphatic rings. The molecule has 0 fully saturated rings. The minimum Gasteiger partial charge on any atom is -0.313 e. The molecule has 1 N–H and O–H groups in total. The molecule has 0 amide bonds. The summed E-state index contributed by atoms with van der Waals surface area (Å²) in [5.74, 6) is 2.49. The largest absolute Gasteiger partial charge is 0.313 e. The maximum absolute atomic E-state index is 3.62. The molecule has 0 bridgehead atoms. The van der Waals surface area contributed by atoms with Crippen LogP contribution in [0.5, 0.6) is 0 Å². The lowest BCUT2D eigenvalue weighted by Crippen LogP contribution is -2.33. The van der Waals surface area contributed by atoms with E-state index < -0.39 is 0 Å². The molecule has 2 heteroatoms. The first-order valence-electron chi connectivity index (χ1n) is 7.04. The van der Waals surface area contributed by atoms with Crippen LogP contribution < -0.4 is 5.32 Å². The van der Waals surface area contributed by atoms with Crippen molar-refractivity contribution in [1.29, 1.82) is 0 Å². The van der Waals surface area contributed by atoms with Crippen LogP contribution in [0.4, 0.5) is 0 Å². The van der Waals surface area contributed by atoms with Gasteiger partial charge in [-0.3, -0.25) is 0 Å². The van der Waals surface area contributed by atoms with Gasteiger partial charge in [0, 0.05) is 11.8 Å². The molecule has 0 radical (unpaired) electrons. The van der Waals surface area contributed by atoms with Crippen LogP contribution in [0, 0.1) is 13.8 Å². The van der Waals surface area contributed by atoms with Gasteiger partial charge < -0.3 is 5.32 Å². The quantitative estimate of drug-likeness (QED) is 0.714. The number of hydrogen-bond acceptors (Lipinski definition) is 2. The molecule has 102 valence electrons. The van der Waals surface area contributed by atoms with Crippen molar-refractivity contribution in [2.24, 2.45) is 0 Å². The van der Waals surface area contributed by atoms with E-state index in [-0.39, 0.29) is 0 Å². The van der Waals surface area contributed by atoms with Crippen LogP contribution in [0.25, 0.3) is 0 Å². The molecule has 18 heavy (non-hydrogen) atoms. The van der Waals surface area contributed by atoms with E-state index in [0.29, 0.717) is 6.04 Å². The van der Waals surface area contributed by atoms with E-state index in [0.717, 1.165) is 13.0 Å². The van der Waals surface area contributed by atoms with E-state index >= 15 is 0 Å². The second-order valence-electron chi connectivity index (χ2n) is 4.96. The maximum Gasteiger partial charge on any atom is 0.0198 e. The van der Waals surface area contributed by atoms with Gasteiger partial charge in [-0.05, 0) is 50.1 Å². The third-order valence-electron chi connectivity index (χ3n) is 3.13. The molecule has 1 rings (SSSR count). The number of thioether (sulfide) groups is 1. The van der Waals surface area contributed by atoms with Gasteiger partial charge in [-0.15, -0.1) is 0 Å². The summed E-state index contributed by atoms with van der Waals surface area (Å²) in [5.41, 5.74) is 4.29. The van der Waals surface area contributed by atoms with Gasteiger partial charge in [-0.25, -0.2) is 0 Å². The predicted molar refractivity (Wildman–Crippen MR) is 84.7 cm³/mol. The molecule has 0 aromatic heterocycles. The maximum atomic E-state index is 3.62. The fourth-order valence-electron chi connectivity index (χ4n) is 2.13. The Morgan fingerprint density at radius 3 is 2.67 bits per heavy atom. The number of aryl methyl sites for hydroxylation is 2. The van der Waals surface area contributed by atoms with Gasteiger partial charge in [0.05, 0.1) is 0 Å². The van der Waals surface area contributed by atoms with Crippen molar-refractivity contribution in [3.8, 4) is 0 Å². The third kappa shape index (κ3) is 5.45. The Morgan fingerprint density at radius 1 is 1.22 bits per heavy atom. The number of likely N-dealkylation sites (N-methyl/N-ethyl adjacent to an activating group) is 1. The highest BCUT2D eigenvalue weighted by Crippen LogP contribution is 2.15. The molecule has 0 saturated carbocycles. The molecule has 0 saturated heterocycles. The average molecular weight is 265 g/mol. The summed E-state index contributed by atoms with van der Waals surface area (Å²) in [6, 6.07) is 7.39. The molecule has 1 nitrogen and oxygen atoms in total. The molecule has 0 aliphatic heterocycles. The first-order valence-corrected chi connectivity index (χ1v) is 8.20. The van der Waals surface area contributed by atoms with Crippen molar-refractivity contribution in [3.63, 3.8) is 0 Å². The first kappa shape index (κ1) is 15.6. The van der Waals surface area contributed by atoms with Gasteiger partial charge in [0.2, 0.25) is 0 Å². The molecule has 0 spiro atoms. The summed E-state index contributed by atoms with van der Waals surface area (Å²) in [5, 5.41) is 3.62. The van der Waals surface area contributed by atoms with E-state index in [1.54, 1.807) is 0 Å². The Morgan fingerprint density at radius 2 is 2.00 bits per heavy atom. The van der Waals surface area contributed by atoms with Gasteiger partial charge in [-0.1, -0.05) is 37.6 Å². The summed E-state index contributed by atoms with van der Waals surface area (Å²) in [4.78, 5) is 0. The van der Waals surface area contributed by atoms with Crippen LogP contribution in [0.3, 0.4) is 0 Å². The molecule has 1 atom stereocenters. The SMILES string of the molecule is CCCSCC(Cc1cc(C)ccc1C)NCC. The number of benzene rings is 1. The van der Waals surface area contributed by atoms with E-state index in [1.165, 1.54) is 34.6 Å². The topological polar surface area (TPSA) is 12.0 Å². The normalized spacial score (nSPS) is 12.7. The van der Waals surface area contributed by atoms with Crippen molar-refractivity contribution < 1.29 is 0 Å². The lowest BCUT2D eigenvalue weighted by Gasteiger charge is -2.19. The minimum atomic E-state index is 0.604. The van der Waals surface area contributed by atoms with Crippen molar-refractivity contribution in [2.45, 2.75) is 46.6 Å². The second-order valence-corrected chi connectivity index (χ2v) is 6.11. The van der Waals surface area contributed by atoms with E-state index in [2.05, 4.69) is 63.0 Å². The lowest BCUT2D eigenvalue weighted by atomic mass is 9.99. The first-order chi connectivity index (χ1) is 8.67. The zero-order valence-corrected chi connectivity index (χ0v) is 13.1. The molecule has 0 heterocycles. The summed E-state index contributed by atoms with van der Waals surface area (Å²) in [7, 11) is 0. The molecular formula is C16H27NS. The van der Waals surface area contributed by atoms with Gasteiger partial charge in [-0.2, -0.15) is 11.8 Å². The average Bonchev–Trinajstić information content (AvgIpc) is 2.34. The minimum absolute atomic E-state index is 0.604. The van der Waals surface area contributed by atoms with Gasteiger partial charge in [0.15, 0.2) is 0 Å². The van der Waals surface area contributed by atoms with E-state index in [9.17, 15) is 0 Å². The van der Waals surface area contributed by atoms with Crippen molar-refractivity contribution >= 4 is 11.8 Å². The summed E-state index contributed by atoms with van der Waals surface area (Å²) in [6.45, 7) is 9.90. The summed E-state index contributed by atoms with van der Waals surface area (Å²) >= 11 is 2.07. The van der Waals surface area contributed by atoms with Crippen LogP contribution in [0.15, 0.2) is 18.2 Å². The number of nitrogens with one attached hydrogen (secondary N) is 1. The Kier molecular flexibility index (Phi) is 7.45. The highest BCUT2D eigenvalue weighted by Gasteiger charge is 2.10. The zero-order valence-electron chi connectivity index (χ0n) is 12.3. The van der Waals surface area contributed by atoms with Crippen molar-refractivity contribution in [2.75, 3.05) is 18.1 Å². The van der Waals surface area contributed by atoms with Crippen LogP contribution in [-0.2, 0) is 6.42 Å². The molecule has 0 aliphatic carbocycles. The Hall–Kier alpha value is -0.470. The summed E-state index contributed by atoms with van der Waals surface area (Å²) in [6.07, 6.45) is 2.42. The van der Waals surface area contributed by atoms with Crippen LogP contribution in [0.1, 0.15) is 37.0 Å². The van der Waals surface area contributed by atoms with Gasteiger partial charge in [0.1, 0.15) is 0 Å². The summed E-state index contributed by atoms with van der Waals surface area (Å²) < 4.78 is 0. The highest BCUT2D eigenvalue weighted by atomic mass is 32.2. The van der Waals surface area contributed by atoms with E-state index in [1.807, 2.05) is 0 Å². The monoisotopic (exact) mass is 265 g/mol. The number of hydrogen-bond donors (Lipinski definition) is 1. The fraction of sp³-hybridized carbons (Fsp3) is 0.625. The van der Waals surface area contributed by atoms with Crippen molar-refractivity contribution in [1.82, 2.24) is 5.32 Å². The Labute approximate surface area is 117 Å². The third-order valence-corrected chi connectivity index (χ3v) is 4.47. The van der Waals surface area contributed by atoms with Gasteiger partial charge >= 0.3 is 0 Å². The standard InChI is InChI=1S/C16H27NS/c1-5-9-18-12-16(17-6-2)11-15-10-13(3)7-8-14(15)4/h7-8,10,16-17H,5-6,9,11-12H2,1-4H3. The molecule has 1 aromatic carbocycles. The number of rotatable bonds is 8. The fourth-order valence-corrected chi connectivity index (χ4v) is 3.11. The highest BCUT2D eigenvalue weighted by molar-refractivity contribution is 7.99. The van der Waals surface area contributed by atoms with Crippen LogP contribution >= 0.6 is 11.8 Å². The Bertz CT molecular complexity index is 349. The van der Waals surface area contributed by atoms with E-state index in [4.69, 9.17) is 0 Å². The smallest absolute Gasteiger partial charge is 0.0198 e. The Balaban J connectivity index is 2.60.